The molecule has 1 unspecified atom stereocenters. The number of aryl methyl sites for hydroxylation is 2. The van der Waals surface area contributed by atoms with Crippen LogP contribution in [0.5, 0.6) is 0 Å². The Morgan fingerprint density at radius 3 is 2.46 bits per heavy atom. The summed E-state index contributed by atoms with van der Waals surface area (Å²) in [5.74, 6) is 0. The van der Waals surface area contributed by atoms with Crippen LogP contribution in [0.1, 0.15) is 23.1 Å². The van der Waals surface area contributed by atoms with Crippen molar-refractivity contribution in [1.82, 2.24) is 24.1 Å². The molecule has 0 bridgehead atoms. The van der Waals surface area contributed by atoms with Crippen molar-refractivity contribution in [3.8, 4) is 17.3 Å². The Balaban J connectivity index is 0.000000421. The van der Waals surface area contributed by atoms with Crippen molar-refractivity contribution < 1.29 is 5.11 Å². The van der Waals surface area contributed by atoms with Crippen LogP contribution in [0.3, 0.4) is 0 Å². The number of aliphatic hydroxyl groups is 1. The summed E-state index contributed by atoms with van der Waals surface area (Å²) < 4.78 is 3.37. The van der Waals surface area contributed by atoms with Gasteiger partial charge in [0.25, 0.3) is 5.56 Å². The highest BCUT2D eigenvalue weighted by atomic mass is 35.5. The average molecular weight is 485 g/mol. The van der Waals surface area contributed by atoms with Gasteiger partial charge < -0.3 is 14.2 Å². The van der Waals surface area contributed by atoms with E-state index in [0.29, 0.717) is 38.6 Å². The maximum atomic E-state index is 12.4. The molecule has 0 radical (unpaired) electrons. The number of halogens is 1. The zero-order valence-corrected chi connectivity index (χ0v) is 19.8. The monoisotopic (exact) mass is 484 g/mol. The van der Waals surface area contributed by atoms with Crippen molar-refractivity contribution in [3.05, 3.63) is 112 Å². The highest BCUT2D eigenvalue weighted by Gasteiger charge is 2.17. The summed E-state index contributed by atoms with van der Waals surface area (Å²) in [5, 5.41) is 20.5. The van der Waals surface area contributed by atoms with Gasteiger partial charge in [0.05, 0.1) is 28.7 Å². The van der Waals surface area contributed by atoms with Crippen LogP contribution in [0.25, 0.3) is 22.3 Å². The Labute approximate surface area is 206 Å². The molecule has 0 aliphatic rings. The third kappa shape index (κ3) is 5.27. The van der Waals surface area contributed by atoms with E-state index in [9.17, 15) is 9.90 Å². The van der Waals surface area contributed by atoms with Crippen molar-refractivity contribution in [1.29, 1.82) is 5.26 Å². The van der Waals surface area contributed by atoms with Gasteiger partial charge in [0.1, 0.15) is 17.9 Å². The molecule has 0 saturated heterocycles. The van der Waals surface area contributed by atoms with E-state index < -0.39 is 6.10 Å². The van der Waals surface area contributed by atoms with Crippen LogP contribution in [0.4, 0.5) is 0 Å². The summed E-state index contributed by atoms with van der Waals surface area (Å²) >= 11 is 5.93. The first-order chi connectivity index (χ1) is 16.9. The predicted octanol–water partition coefficient (Wildman–Crippen LogP) is 4.02. The van der Waals surface area contributed by atoms with Crippen LogP contribution >= 0.6 is 11.6 Å². The number of imidazole rings is 1. The normalized spacial score (nSPS) is 11.4. The van der Waals surface area contributed by atoms with Gasteiger partial charge in [-0.3, -0.25) is 4.79 Å². The summed E-state index contributed by atoms with van der Waals surface area (Å²) in [4.78, 5) is 25.2. The molecule has 9 heteroatoms. The topological polar surface area (TPSA) is 110 Å². The summed E-state index contributed by atoms with van der Waals surface area (Å²) in [5.41, 5.74) is 3.19. The van der Waals surface area contributed by atoms with Gasteiger partial charge in [-0.1, -0.05) is 29.8 Å². The number of fused-ring (bicyclic) bond motifs is 1. The Morgan fingerprint density at radius 1 is 1.06 bits per heavy atom. The first-order valence-corrected chi connectivity index (χ1v) is 11.0. The third-order valence-electron chi connectivity index (χ3n) is 5.35. The lowest BCUT2D eigenvalue weighted by Crippen LogP contribution is -2.17. The molecule has 0 saturated carbocycles. The minimum Gasteiger partial charge on any atom is -0.382 e. The number of hydrogen-bond acceptors (Lipinski definition) is 6. The molecule has 8 nitrogen and oxygen atoms in total. The van der Waals surface area contributed by atoms with Gasteiger partial charge in [-0.25, -0.2) is 15.0 Å². The van der Waals surface area contributed by atoms with Gasteiger partial charge in [0, 0.05) is 43.1 Å². The van der Waals surface area contributed by atoms with Crippen molar-refractivity contribution >= 4 is 22.6 Å². The van der Waals surface area contributed by atoms with E-state index in [-0.39, 0.29) is 11.3 Å². The molecule has 35 heavy (non-hydrogen) atoms. The van der Waals surface area contributed by atoms with Crippen molar-refractivity contribution in [2.75, 3.05) is 0 Å². The van der Waals surface area contributed by atoms with E-state index in [4.69, 9.17) is 16.9 Å². The standard InChI is InChI=1S/C22H15ClN4O2.C4H6N2/c1-27-19-10-9-18(22(29)13-5-7-14(23)8-6-13)26-21(19)16(11-20(27)28)17-4-2-3-15(12-24)25-17;1-6-3-2-5-4-6/h2-11,22,29H,1H3;2-4H,1H3. The molecule has 0 amide bonds. The average Bonchev–Trinajstić information content (AvgIpc) is 3.37. The van der Waals surface area contributed by atoms with Gasteiger partial charge >= 0.3 is 0 Å². The predicted molar refractivity (Wildman–Crippen MR) is 134 cm³/mol. The van der Waals surface area contributed by atoms with E-state index in [1.165, 1.54) is 10.6 Å². The lowest BCUT2D eigenvalue weighted by molar-refractivity contribution is 0.216. The van der Waals surface area contributed by atoms with Crippen LogP contribution in [0.2, 0.25) is 5.02 Å². The fraction of sp³-hybridized carbons (Fsp3) is 0.115. The van der Waals surface area contributed by atoms with E-state index in [0.717, 1.165) is 0 Å². The third-order valence-corrected chi connectivity index (χ3v) is 5.60. The molecule has 5 rings (SSSR count). The summed E-state index contributed by atoms with van der Waals surface area (Å²) in [6.07, 6.45) is 4.43. The molecule has 4 aromatic heterocycles. The minimum absolute atomic E-state index is 0.218. The van der Waals surface area contributed by atoms with Crippen molar-refractivity contribution in [2.45, 2.75) is 6.10 Å². The lowest BCUT2D eigenvalue weighted by atomic mass is 10.0. The number of aromatic nitrogens is 5. The molecule has 1 atom stereocenters. The van der Waals surface area contributed by atoms with Crippen LogP contribution in [0.15, 0.2) is 84.2 Å². The molecule has 174 valence electrons. The van der Waals surface area contributed by atoms with Crippen LogP contribution in [-0.4, -0.2) is 29.2 Å². The van der Waals surface area contributed by atoms with Crippen LogP contribution in [-0.2, 0) is 14.1 Å². The number of rotatable bonds is 3. The second kappa shape index (κ2) is 10.3. The molecule has 0 aliphatic heterocycles. The summed E-state index contributed by atoms with van der Waals surface area (Å²) in [6.45, 7) is 0. The molecular weight excluding hydrogens is 464 g/mol. The van der Waals surface area contributed by atoms with E-state index in [2.05, 4.69) is 15.0 Å². The van der Waals surface area contributed by atoms with E-state index >= 15 is 0 Å². The van der Waals surface area contributed by atoms with Crippen molar-refractivity contribution in [2.24, 2.45) is 14.1 Å². The molecule has 5 aromatic rings. The summed E-state index contributed by atoms with van der Waals surface area (Å²) in [7, 11) is 3.59. The number of hydrogen-bond donors (Lipinski definition) is 1. The van der Waals surface area contributed by atoms with Gasteiger partial charge in [0.2, 0.25) is 0 Å². The number of aliphatic hydroxyl groups excluding tert-OH is 1. The molecule has 0 fully saturated rings. The van der Waals surface area contributed by atoms with E-state index in [1.54, 1.807) is 74.2 Å². The number of benzene rings is 1. The Bertz CT molecular complexity index is 1570. The molecule has 1 aromatic carbocycles. The van der Waals surface area contributed by atoms with Gasteiger partial charge in [-0.15, -0.1) is 0 Å². The Hall–Kier alpha value is -4.32. The SMILES string of the molecule is Cn1c(=O)cc(-c2cccc(C#N)n2)c2nc(C(O)c3ccc(Cl)cc3)ccc21.Cn1ccnc1. The summed E-state index contributed by atoms with van der Waals surface area (Å²) in [6, 6.07) is 18.8. The zero-order chi connectivity index (χ0) is 24.9. The second-order valence-electron chi connectivity index (χ2n) is 7.76. The molecule has 1 N–H and O–H groups in total. The Kier molecular flexibility index (Phi) is 7.01. The maximum Gasteiger partial charge on any atom is 0.251 e. The first-order valence-electron chi connectivity index (χ1n) is 10.6. The number of pyridine rings is 3. The zero-order valence-electron chi connectivity index (χ0n) is 19.0. The largest absolute Gasteiger partial charge is 0.382 e. The highest BCUT2D eigenvalue weighted by Crippen LogP contribution is 2.28. The minimum atomic E-state index is -0.958. The quantitative estimate of drug-likeness (QED) is 0.414. The fourth-order valence-corrected chi connectivity index (χ4v) is 3.61. The molecular formula is C26H21ClN6O2. The van der Waals surface area contributed by atoms with Gasteiger partial charge in [-0.05, 0) is 42.0 Å². The number of nitriles is 1. The molecule has 0 spiro atoms. The Morgan fingerprint density at radius 2 is 1.83 bits per heavy atom. The smallest absolute Gasteiger partial charge is 0.251 e. The highest BCUT2D eigenvalue weighted by molar-refractivity contribution is 6.30. The molecule has 4 heterocycles. The maximum absolute atomic E-state index is 12.4. The molecule has 0 aliphatic carbocycles. The van der Waals surface area contributed by atoms with Crippen LogP contribution in [0, 0.1) is 11.3 Å². The van der Waals surface area contributed by atoms with Crippen LogP contribution < -0.4 is 5.56 Å². The number of nitrogens with zero attached hydrogens (tertiary/aromatic N) is 6. The fourth-order valence-electron chi connectivity index (χ4n) is 3.48. The van der Waals surface area contributed by atoms with Gasteiger partial charge in [0.15, 0.2) is 0 Å². The van der Waals surface area contributed by atoms with Crippen molar-refractivity contribution in [3.63, 3.8) is 0 Å². The second-order valence-corrected chi connectivity index (χ2v) is 8.20. The van der Waals surface area contributed by atoms with E-state index in [1.807, 2.05) is 23.9 Å². The first kappa shape index (κ1) is 23.8. The lowest BCUT2D eigenvalue weighted by Gasteiger charge is -2.14. The van der Waals surface area contributed by atoms with Gasteiger partial charge in [-0.2, -0.15) is 5.26 Å².